The number of hydrogen-bond acceptors (Lipinski definition) is 5. The Bertz CT molecular complexity index is 650. The first-order chi connectivity index (χ1) is 10.1. The molecule has 0 atom stereocenters. The lowest BCUT2D eigenvalue weighted by Crippen LogP contribution is -2.13. The summed E-state index contributed by atoms with van der Waals surface area (Å²) in [5.41, 5.74) is 8.08. The van der Waals surface area contributed by atoms with Crippen LogP contribution in [0.3, 0.4) is 0 Å². The highest BCUT2D eigenvalue weighted by atomic mass is 16.5. The molecular weight excluding hydrogens is 270 g/mol. The van der Waals surface area contributed by atoms with Crippen LogP contribution in [-0.2, 0) is 24.8 Å². The number of esters is 1. The van der Waals surface area contributed by atoms with Gasteiger partial charge in [0.1, 0.15) is 12.4 Å². The van der Waals surface area contributed by atoms with Crippen molar-refractivity contribution in [1.82, 2.24) is 9.78 Å². The van der Waals surface area contributed by atoms with E-state index in [-0.39, 0.29) is 12.3 Å². The maximum atomic E-state index is 12.2. The van der Waals surface area contributed by atoms with Gasteiger partial charge in [-0.2, -0.15) is 5.10 Å². The fraction of sp³-hybridized carbons (Fsp3) is 0.333. The molecule has 0 fully saturated rings. The molecular formula is C15H19N3O3. The van der Waals surface area contributed by atoms with E-state index in [1.807, 2.05) is 31.2 Å². The van der Waals surface area contributed by atoms with Gasteiger partial charge >= 0.3 is 5.97 Å². The van der Waals surface area contributed by atoms with Crippen molar-refractivity contribution in [3.05, 3.63) is 41.2 Å². The molecule has 2 N–H and O–H groups in total. The number of carbonyl (C=O) groups is 1. The lowest BCUT2D eigenvalue weighted by molar-refractivity contribution is 0.0458. The van der Waals surface area contributed by atoms with Crippen LogP contribution in [0.5, 0.6) is 5.75 Å². The van der Waals surface area contributed by atoms with E-state index < -0.39 is 5.97 Å². The van der Waals surface area contributed by atoms with Crippen molar-refractivity contribution < 1.29 is 14.3 Å². The number of aryl methyl sites for hydroxylation is 2. The average molecular weight is 289 g/mol. The van der Waals surface area contributed by atoms with Crippen molar-refractivity contribution in [2.24, 2.45) is 7.05 Å². The number of methoxy groups -OCH3 is 1. The number of benzene rings is 1. The number of rotatable bonds is 5. The molecule has 1 aromatic carbocycles. The van der Waals surface area contributed by atoms with Crippen molar-refractivity contribution in [3.8, 4) is 5.75 Å². The van der Waals surface area contributed by atoms with Crippen LogP contribution >= 0.6 is 0 Å². The quantitative estimate of drug-likeness (QED) is 0.851. The van der Waals surface area contributed by atoms with Gasteiger partial charge in [-0.1, -0.05) is 25.1 Å². The topological polar surface area (TPSA) is 79.4 Å². The lowest BCUT2D eigenvalue weighted by Gasteiger charge is -2.09. The summed E-state index contributed by atoms with van der Waals surface area (Å²) in [6.45, 7) is 2.05. The predicted molar refractivity (Wildman–Crippen MR) is 79.1 cm³/mol. The normalized spacial score (nSPS) is 10.4. The van der Waals surface area contributed by atoms with E-state index in [0.29, 0.717) is 23.6 Å². The standard InChI is InChI=1S/C15H19N3O3/c1-4-11-13(16)14(18(2)17-11)15(19)21-9-10-7-5-6-8-12(10)20-3/h5-8H,4,9,16H2,1-3H3. The zero-order valence-corrected chi connectivity index (χ0v) is 12.4. The molecule has 0 aliphatic carbocycles. The molecule has 0 spiro atoms. The highest BCUT2D eigenvalue weighted by Gasteiger charge is 2.20. The van der Waals surface area contributed by atoms with Crippen LogP contribution in [0.25, 0.3) is 0 Å². The Labute approximate surface area is 123 Å². The largest absolute Gasteiger partial charge is 0.496 e. The fourth-order valence-electron chi connectivity index (χ4n) is 2.13. The molecule has 0 bridgehead atoms. The molecule has 112 valence electrons. The van der Waals surface area contributed by atoms with Gasteiger partial charge in [0.15, 0.2) is 5.69 Å². The molecule has 0 radical (unpaired) electrons. The Morgan fingerprint density at radius 2 is 2.10 bits per heavy atom. The highest BCUT2D eigenvalue weighted by Crippen LogP contribution is 2.21. The SMILES string of the molecule is CCc1nn(C)c(C(=O)OCc2ccccc2OC)c1N. The Morgan fingerprint density at radius 1 is 1.38 bits per heavy atom. The smallest absolute Gasteiger partial charge is 0.359 e. The van der Waals surface area contributed by atoms with Crippen LogP contribution in [0, 0.1) is 0 Å². The summed E-state index contributed by atoms with van der Waals surface area (Å²) in [5, 5.41) is 4.20. The minimum absolute atomic E-state index is 0.120. The van der Waals surface area contributed by atoms with Gasteiger partial charge in [0.25, 0.3) is 0 Å². The van der Waals surface area contributed by atoms with E-state index in [4.69, 9.17) is 15.2 Å². The summed E-state index contributed by atoms with van der Waals surface area (Å²) in [6.07, 6.45) is 0.666. The molecule has 0 unspecified atom stereocenters. The minimum atomic E-state index is -0.492. The van der Waals surface area contributed by atoms with E-state index in [1.54, 1.807) is 14.2 Å². The van der Waals surface area contributed by atoms with Gasteiger partial charge in [0, 0.05) is 12.6 Å². The van der Waals surface area contributed by atoms with E-state index >= 15 is 0 Å². The van der Waals surface area contributed by atoms with Crippen LogP contribution in [-0.4, -0.2) is 22.9 Å². The predicted octanol–water partition coefficient (Wildman–Crippen LogP) is 1.93. The number of nitrogens with two attached hydrogens (primary N) is 1. The number of nitrogen functional groups attached to an aromatic ring is 1. The van der Waals surface area contributed by atoms with Crippen LogP contribution in [0.1, 0.15) is 28.7 Å². The molecule has 1 heterocycles. The summed E-state index contributed by atoms with van der Waals surface area (Å²) in [6, 6.07) is 7.38. The Balaban J connectivity index is 2.14. The third-order valence-corrected chi connectivity index (χ3v) is 3.24. The monoisotopic (exact) mass is 289 g/mol. The molecule has 0 saturated carbocycles. The molecule has 0 aliphatic rings. The van der Waals surface area contributed by atoms with E-state index in [0.717, 1.165) is 5.56 Å². The molecule has 2 aromatic rings. The molecule has 21 heavy (non-hydrogen) atoms. The van der Waals surface area contributed by atoms with Gasteiger partial charge in [0.2, 0.25) is 0 Å². The maximum absolute atomic E-state index is 12.2. The van der Waals surface area contributed by atoms with Crippen molar-refractivity contribution in [2.45, 2.75) is 20.0 Å². The van der Waals surface area contributed by atoms with Gasteiger partial charge in [-0.15, -0.1) is 0 Å². The second-order valence-corrected chi connectivity index (χ2v) is 4.57. The number of para-hydroxylation sites is 1. The number of nitrogens with zero attached hydrogens (tertiary/aromatic N) is 2. The molecule has 6 nitrogen and oxygen atoms in total. The zero-order chi connectivity index (χ0) is 15.4. The van der Waals surface area contributed by atoms with Crippen molar-refractivity contribution in [3.63, 3.8) is 0 Å². The number of ether oxygens (including phenoxy) is 2. The van der Waals surface area contributed by atoms with Crippen LogP contribution < -0.4 is 10.5 Å². The Kier molecular flexibility index (Phi) is 4.47. The minimum Gasteiger partial charge on any atom is -0.496 e. The highest BCUT2D eigenvalue weighted by molar-refractivity contribution is 5.93. The second-order valence-electron chi connectivity index (χ2n) is 4.57. The van der Waals surface area contributed by atoms with Crippen LogP contribution in [0.15, 0.2) is 24.3 Å². The van der Waals surface area contributed by atoms with Gasteiger partial charge in [0.05, 0.1) is 18.5 Å². The molecule has 0 aliphatic heterocycles. The second kappa shape index (κ2) is 6.30. The lowest BCUT2D eigenvalue weighted by atomic mass is 10.2. The van der Waals surface area contributed by atoms with Gasteiger partial charge in [-0.25, -0.2) is 4.79 Å². The molecule has 6 heteroatoms. The molecule has 0 amide bonds. The summed E-state index contributed by atoms with van der Waals surface area (Å²) in [7, 11) is 3.25. The Hall–Kier alpha value is -2.50. The maximum Gasteiger partial charge on any atom is 0.359 e. The van der Waals surface area contributed by atoms with Crippen molar-refractivity contribution >= 4 is 11.7 Å². The van der Waals surface area contributed by atoms with Gasteiger partial charge in [-0.05, 0) is 12.5 Å². The third-order valence-electron chi connectivity index (χ3n) is 3.24. The van der Waals surface area contributed by atoms with E-state index in [2.05, 4.69) is 5.10 Å². The van der Waals surface area contributed by atoms with E-state index in [9.17, 15) is 4.79 Å². The average Bonchev–Trinajstić information content (AvgIpc) is 2.79. The number of carbonyl (C=O) groups excluding carboxylic acids is 1. The van der Waals surface area contributed by atoms with Crippen molar-refractivity contribution in [1.29, 1.82) is 0 Å². The van der Waals surface area contributed by atoms with Crippen molar-refractivity contribution in [2.75, 3.05) is 12.8 Å². The zero-order valence-electron chi connectivity index (χ0n) is 12.4. The summed E-state index contributed by atoms with van der Waals surface area (Å²) in [4.78, 5) is 12.2. The Morgan fingerprint density at radius 3 is 2.71 bits per heavy atom. The summed E-state index contributed by atoms with van der Waals surface area (Å²) in [5.74, 6) is 0.186. The summed E-state index contributed by atoms with van der Waals surface area (Å²) >= 11 is 0. The first-order valence-electron chi connectivity index (χ1n) is 6.68. The van der Waals surface area contributed by atoms with E-state index in [1.165, 1.54) is 4.68 Å². The molecule has 1 aromatic heterocycles. The molecule has 2 rings (SSSR count). The number of hydrogen-bond donors (Lipinski definition) is 1. The van der Waals surface area contributed by atoms with Crippen LogP contribution in [0.4, 0.5) is 5.69 Å². The first kappa shape index (κ1) is 14.9. The van der Waals surface area contributed by atoms with Gasteiger partial charge < -0.3 is 15.2 Å². The number of aromatic nitrogens is 2. The number of anilines is 1. The fourth-order valence-corrected chi connectivity index (χ4v) is 2.13. The molecule has 0 saturated heterocycles. The third kappa shape index (κ3) is 2.99. The summed E-state index contributed by atoms with van der Waals surface area (Å²) < 4.78 is 12.0. The first-order valence-corrected chi connectivity index (χ1v) is 6.68. The van der Waals surface area contributed by atoms with Gasteiger partial charge in [-0.3, -0.25) is 4.68 Å². The van der Waals surface area contributed by atoms with Crippen LogP contribution in [0.2, 0.25) is 0 Å².